The molecule has 0 saturated heterocycles. The molecule has 0 radical (unpaired) electrons. The van der Waals surface area contributed by atoms with E-state index in [4.69, 9.17) is 19.3 Å². The molecule has 40 heavy (non-hydrogen) atoms. The first-order valence-corrected chi connectivity index (χ1v) is 16.1. The number of hydrogen-bond acceptors (Lipinski definition) is 7. The Kier molecular flexibility index (Phi) is 23.5. The first kappa shape index (κ1) is 36.8. The average molecular weight is 569 g/mol. The summed E-state index contributed by atoms with van der Waals surface area (Å²) in [6, 6.07) is 8.33. The molecule has 1 aromatic rings. The molecule has 234 valence electrons. The zero-order valence-corrected chi connectivity index (χ0v) is 25.5. The number of aryl methyl sites for hydroxylation is 1. The molecule has 0 aliphatic rings. The van der Waals surface area contributed by atoms with E-state index in [0.717, 1.165) is 38.0 Å². The molecule has 0 amide bonds. The molecule has 0 saturated carbocycles. The van der Waals surface area contributed by atoms with E-state index >= 15 is 0 Å². The molecule has 1 aromatic carbocycles. The van der Waals surface area contributed by atoms with Crippen molar-refractivity contribution in [3.05, 3.63) is 29.8 Å². The van der Waals surface area contributed by atoms with Gasteiger partial charge in [0.2, 0.25) is 0 Å². The highest BCUT2D eigenvalue weighted by Crippen LogP contribution is 2.16. The van der Waals surface area contributed by atoms with Crippen molar-refractivity contribution < 1.29 is 34.6 Å². The Bertz CT molecular complexity index is 669. The number of aliphatic hydroxyl groups excluding tert-OH is 4. The van der Waals surface area contributed by atoms with Gasteiger partial charge in [0.05, 0.1) is 19.8 Å². The summed E-state index contributed by atoms with van der Waals surface area (Å²) >= 11 is 0. The normalized spacial score (nSPS) is 14.7. The Labute approximate surface area is 244 Å². The summed E-state index contributed by atoms with van der Waals surface area (Å²) in [6.45, 7) is 4.13. The summed E-state index contributed by atoms with van der Waals surface area (Å²) in [5.74, 6) is 0.930. The standard InChI is InChI=1S/C33H60O7/c1-3-4-5-6-7-8-9-10-11-12-13-14-15-17-25-39-30-22-20-29(21-23-30)19-16-18-24-38-28(2)40-32(27-35)33(37)31(36)26-34/h20-23,28,31-37H,3-19,24-27H2,1-2H3. The third-order valence-electron chi connectivity index (χ3n) is 7.41. The summed E-state index contributed by atoms with van der Waals surface area (Å²) in [5.41, 5.74) is 1.26. The maximum Gasteiger partial charge on any atom is 0.155 e. The van der Waals surface area contributed by atoms with Gasteiger partial charge in [-0.2, -0.15) is 0 Å². The number of hydrogen-bond donors (Lipinski definition) is 4. The molecule has 0 heterocycles. The van der Waals surface area contributed by atoms with Crippen molar-refractivity contribution in [1.82, 2.24) is 0 Å². The van der Waals surface area contributed by atoms with Gasteiger partial charge in [0.15, 0.2) is 6.29 Å². The van der Waals surface area contributed by atoms with E-state index in [9.17, 15) is 15.3 Å². The molecule has 7 nitrogen and oxygen atoms in total. The summed E-state index contributed by atoms with van der Waals surface area (Å²) < 4.78 is 17.0. The highest BCUT2D eigenvalue weighted by atomic mass is 16.7. The lowest BCUT2D eigenvalue weighted by atomic mass is 10.0. The number of rotatable bonds is 28. The Balaban J connectivity index is 1.99. The van der Waals surface area contributed by atoms with Crippen LogP contribution in [-0.4, -0.2) is 71.5 Å². The third-order valence-corrected chi connectivity index (χ3v) is 7.41. The molecule has 4 unspecified atom stereocenters. The van der Waals surface area contributed by atoms with Gasteiger partial charge in [-0.15, -0.1) is 0 Å². The van der Waals surface area contributed by atoms with Crippen LogP contribution in [0.1, 0.15) is 122 Å². The first-order valence-electron chi connectivity index (χ1n) is 16.1. The fraction of sp³-hybridized carbons (Fsp3) is 0.818. The van der Waals surface area contributed by atoms with Crippen molar-refractivity contribution in [2.75, 3.05) is 26.4 Å². The first-order chi connectivity index (χ1) is 19.5. The van der Waals surface area contributed by atoms with Gasteiger partial charge in [-0.05, 0) is 50.3 Å². The van der Waals surface area contributed by atoms with Gasteiger partial charge < -0.3 is 34.6 Å². The smallest absolute Gasteiger partial charge is 0.155 e. The SMILES string of the molecule is CCCCCCCCCCCCCCCCOc1ccc(CCCCOC(C)OC(CO)C(O)C(O)CO)cc1. The van der Waals surface area contributed by atoms with E-state index < -0.39 is 37.8 Å². The lowest BCUT2D eigenvalue weighted by Crippen LogP contribution is -2.44. The van der Waals surface area contributed by atoms with Crippen LogP contribution in [0.3, 0.4) is 0 Å². The van der Waals surface area contributed by atoms with Crippen LogP contribution in [-0.2, 0) is 15.9 Å². The lowest BCUT2D eigenvalue weighted by molar-refractivity contribution is -0.206. The minimum Gasteiger partial charge on any atom is -0.494 e. The zero-order valence-electron chi connectivity index (χ0n) is 25.5. The van der Waals surface area contributed by atoms with Crippen molar-refractivity contribution in [1.29, 1.82) is 0 Å². The van der Waals surface area contributed by atoms with Crippen LogP contribution in [0.2, 0.25) is 0 Å². The van der Waals surface area contributed by atoms with Crippen LogP contribution in [0.15, 0.2) is 24.3 Å². The highest BCUT2D eigenvalue weighted by molar-refractivity contribution is 5.27. The average Bonchev–Trinajstić information content (AvgIpc) is 2.97. The molecule has 7 heteroatoms. The van der Waals surface area contributed by atoms with E-state index in [0.29, 0.717) is 6.61 Å². The van der Waals surface area contributed by atoms with Gasteiger partial charge in [-0.25, -0.2) is 0 Å². The second-order valence-corrected chi connectivity index (χ2v) is 11.1. The van der Waals surface area contributed by atoms with Crippen LogP contribution >= 0.6 is 0 Å². The second-order valence-electron chi connectivity index (χ2n) is 11.1. The zero-order chi connectivity index (χ0) is 29.3. The van der Waals surface area contributed by atoms with Gasteiger partial charge >= 0.3 is 0 Å². The molecule has 4 N–H and O–H groups in total. The van der Waals surface area contributed by atoms with Crippen molar-refractivity contribution >= 4 is 0 Å². The van der Waals surface area contributed by atoms with Gasteiger partial charge in [-0.1, -0.05) is 103 Å². The quantitative estimate of drug-likeness (QED) is 0.0691. The van der Waals surface area contributed by atoms with Gasteiger partial charge in [0.25, 0.3) is 0 Å². The van der Waals surface area contributed by atoms with Gasteiger partial charge in [0.1, 0.15) is 24.1 Å². The van der Waals surface area contributed by atoms with Crippen molar-refractivity contribution in [2.24, 2.45) is 0 Å². The fourth-order valence-electron chi connectivity index (χ4n) is 4.79. The van der Waals surface area contributed by atoms with Crippen LogP contribution in [0.25, 0.3) is 0 Å². The second kappa shape index (κ2) is 25.5. The van der Waals surface area contributed by atoms with E-state index in [-0.39, 0.29) is 0 Å². The third kappa shape index (κ3) is 19.0. The highest BCUT2D eigenvalue weighted by Gasteiger charge is 2.27. The van der Waals surface area contributed by atoms with Crippen LogP contribution in [0, 0.1) is 0 Å². The fourth-order valence-corrected chi connectivity index (χ4v) is 4.79. The monoisotopic (exact) mass is 568 g/mol. The lowest BCUT2D eigenvalue weighted by Gasteiger charge is -2.27. The molecule has 0 aliphatic carbocycles. The number of unbranched alkanes of at least 4 members (excludes halogenated alkanes) is 14. The molecule has 1 rings (SSSR count). The Morgan fingerprint density at radius 2 is 1.18 bits per heavy atom. The summed E-state index contributed by atoms with van der Waals surface area (Å²) in [4.78, 5) is 0. The van der Waals surface area contributed by atoms with Crippen LogP contribution in [0.5, 0.6) is 5.75 Å². The molecular weight excluding hydrogens is 508 g/mol. The molecule has 0 bridgehead atoms. The molecule has 0 fully saturated rings. The number of aliphatic hydroxyl groups is 4. The van der Waals surface area contributed by atoms with Crippen molar-refractivity contribution in [2.45, 2.75) is 148 Å². The molecule has 0 aliphatic heterocycles. The Morgan fingerprint density at radius 1 is 0.650 bits per heavy atom. The molecular formula is C33H60O7. The Morgan fingerprint density at radius 3 is 1.70 bits per heavy atom. The summed E-state index contributed by atoms with van der Waals surface area (Å²) in [6.07, 6.45) is 17.4. The minimum atomic E-state index is -1.38. The van der Waals surface area contributed by atoms with E-state index in [2.05, 4.69) is 19.1 Å². The van der Waals surface area contributed by atoms with Crippen molar-refractivity contribution in [3.63, 3.8) is 0 Å². The number of benzene rings is 1. The summed E-state index contributed by atoms with van der Waals surface area (Å²) in [7, 11) is 0. The van der Waals surface area contributed by atoms with E-state index in [1.807, 2.05) is 12.1 Å². The topological polar surface area (TPSA) is 109 Å². The predicted molar refractivity (Wildman–Crippen MR) is 162 cm³/mol. The molecule has 0 spiro atoms. The van der Waals surface area contributed by atoms with Crippen LogP contribution in [0.4, 0.5) is 0 Å². The van der Waals surface area contributed by atoms with Crippen molar-refractivity contribution in [3.8, 4) is 5.75 Å². The van der Waals surface area contributed by atoms with Crippen LogP contribution < -0.4 is 4.74 Å². The summed E-state index contributed by atoms with van der Waals surface area (Å²) in [5, 5.41) is 37.7. The largest absolute Gasteiger partial charge is 0.494 e. The van der Waals surface area contributed by atoms with E-state index in [1.165, 1.54) is 89.0 Å². The minimum absolute atomic E-state index is 0.481. The maximum absolute atomic E-state index is 9.87. The van der Waals surface area contributed by atoms with E-state index in [1.54, 1.807) is 6.92 Å². The van der Waals surface area contributed by atoms with Gasteiger partial charge in [-0.3, -0.25) is 0 Å². The Hall–Kier alpha value is -1.22. The van der Waals surface area contributed by atoms with Gasteiger partial charge in [0, 0.05) is 6.61 Å². The predicted octanol–water partition coefficient (Wildman–Crippen LogP) is 6.32. The molecule has 0 aromatic heterocycles. The maximum atomic E-state index is 9.87. The molecule has 4 atom stereocenters. The number of ether oxygens (including phenoxy) is 3.